The number of rotatable bonds is 15. The third kappa shape index (κ3) is 8.31. The van der Waals surface area contributed by atoms with Gasteiger partial charge in [0, 0.05) is 34.5 Å². The predicted octanol–water partition coefficient (Wildman–Crippen LogP) is 10.2. The molecule has 0 radical (unpaired) electrons. The number of amides is 2. The van der Waals surface area contributed by atoms with E-state index < -0.39 is 0 Å². The molecule has 6 nitrogen and oxygen atoms in total. The van der Waals surface area contributed by atoms with Crippen molar-refractivity contribution in [1.29, 1.82) is 0 Å². The molecule has 0 bridgehead atoms. The Bertz CT molecular complexity index is 1820. The van der Waals surface area contributed by atoms with Gasteiger partial charge in [-0.15, -0.1) is 0 Å². The average Bonchev–Trinajstić information content (AvgIpc) is 3.13. The topological polar surface area (TPSA) is 84.0 Å². The first-order valence-corrected chi connectivity index (χ1v) is 17.1. The van der Waals surface area contributed by atoms with E-state index in [1.165, 1.54) is 49.7 Å². The maximum atomic E-state index is 12.8. The summed E-state index contributed by atoms with van der Waals surface area (Å²) in [5, 5.41) is 10.7. The molecule has 2 N–H and O–H groups in total. The number of anilines is 2. The van der Waals surface area contributed by atoms with Crippen molar-refractivity contribution in [3.05, 3.63) is 144 Å². The standard InChI is InChI=1S/C42H42N4O2/c47-41(37-25-9-11-29-43-37)45-35-27-15-23-33-21-13-19-31(39(33)35)17-7-5-3-1-2-4-6-8-18-32-20-14-22-34-24-16-28-36(40(32)34)46-42(48)38-26-10-12-30-44-38/h9-16,19-30H,1-8,17-18H2,(H,45,47)(H,46,48). The number of carbonyl (C=O) groups excluding carboxylic acids is 2. The second-order valence-corrected chi connectivity index (χ2v) is 12.3. The maximum Gasteiger partial charge on any atom is 0.274 e. The molecule has 0 atom stereocenters. The highest BCUT2D eigenvalue weighted by atomic mass is 16.2. The summed E-state index contributed by atoms with van der Waals surface area (Å²) in [5.74, 6) is -0.380. The van der Waals surface area contributed by atoms with Crippen molar-refractivity contribution in [1.82, 2.24) is 9.97 Å². The number of carbonyl (C=O) groups is 2. The van der Waals surface area contributed by atoms with E-state index >= 15 is 0 Å². The normalized spacial score (nSPS) is 11.1. The highest BCUT2D eigenvalue weighted by Crippen LogP contribution is 2.30. The van der Waals surface area contributed by atoms with Gasteiger partial charge >= 0.3 is 0 Å². The van der Waals surface area contributed by atoms with Crippen molar-refractivity contribution in [2.75, 3.05) is 10.6 Å². The first-order chi connectivity index (χ1) is 23.7. The van der Waals surface area contributed by atoms with Crippen LogP contribution in [0, 0.1) is 0 Å². The van der Waals surface area contributed by atoms with Crippen LogP contribution in [-0.2, 0) is 12.8 Å². The van der Waals surface area contributed by atoms with Crippen LogP contribution in [0.4, 0.5) is 11.4 Å². The Morgan fingerprint density at radius 3 is 1.23 bits per heavy atom. The zero-order valence-corrected chi connectivity index (χ0v) is 27.3. The van der Waals surface area contributed by atoms with E-state index in [0.717, 1.165) is 58.6 Å². The highest BCUT2D eigenvalue weighted by Gasteiger charge is 2.13. The van der Waals surface area contributed by atoms with Gasteiger partial charge in [-0.05, 0) is 84.0 Å². The largest absolute Gasteiger partial charge is 0.320 e. The molecule has 6 aromatic rings. The molecular weight excluding hydrogens is 592 g/mol. The quantitative estimate of drug-likeness (QED) is 0.110. The van der Waals surface area contributed by atoms with Crippen molar-refractivity contribution >= 4 is 44.7 Å². The molecule has 0 fully saturated rings. The Morgan fingerprint density at radius 1 is 0.438 bits per heavy atom. The van der Waals surface area contributed by atoms with E-state index in [1.54, 1.807) is 24.5 Å². The average molecular weight is 635 g/mol. The Kier molecular flexibility index (Phi) is 11.2. The Morgan fingerprint density at radius 2 is 0.833 bits per heavy atom. The summed E-state index contributed by atoms with van der Waals surface area (Å²) in [6.45, 7) is 0. The molecule has 2 heterocycles. The van der Waals surface area contributed by atoms with E-state index in [-0.39, 0.29) is 11.8 Å². The number of pyridine rings is 2. The number of fused-ring (bicyclic) bond motifs is 2. The summed E-state index contributed by atoms with van der Waals surface area (Å²) in [6, 6.07) is 35.7. The summed E-state index contributed by atoms with van der Waals surface area (Å²) in [6.07, 6.45) is 14.9. The summed E-state index contributed by atoms with van der Waals surface area (Å²) in [4.78, 5) is 34.0. The van der Waals surface area contributed by atoms with E-state index in [2.05, 4.69) is 69.1 Å². The van der Waals surface area contributed by atoms with Crippen LogP contribution in [0.15, 0.2) is 122 Å². The fourth-order valence-electron chi connectivity index (χ4n) is 6.52. The molecular formula is C42H42N4O2. The van der Waals surface area contributed by atoms with Crippen LogP contribution in [0.1, 0.15) is 83.5 Å². The SMILES string of the molecule is O=C(Nc1cccc2cccc(CCCCCCCCCCc3cccc4cccc(NC(=O)c5ccccn5)c34)c12)c1ccccn1. The number of hydrogen-bond acceptors (Lipinski definition) is 4. The molecule has 0 saturated heterocycles. The molecule has 0 unspecified atom stereocenters. The van der Waals surface area contributed by atoms with Crippen molar-refractivity contribution in [2.45, 2.75) is 64.2 Å². The molecule has 2 amide bonds. The van der Waals surface area contributed by atoms with Gasteiger partial charge in [0.05, 0.1) is 0 Å². The summed E-state index contributed by atoms with van der Waals surface area (Å²) in [7, 11) is 0. The Labute approximate surface area is 282 Å². The lowest BCUT2D eigenvalue weighted by atomic mass is 9.97. The van der Waals surface area contributed by atoms with Gasteiger partial charge in [0.25, 0.3) is 11.8 Å². The van der Waals surface area contributed by atoms with Crippen LogP contribution in [0.25, 0.3) is 21.5 Å². The number of unbranched alkanes of at least 4 members (excludes halogenated alkanes) is 7. The summed E-state index contributed by atoms with van der Waals surface area (Å²) < 4.78 is 0. The number of hydrogen-bond donors (Lipinski definition) is 2. The fraction of sp³-hybridized carbons (Fsp3) is 0.238. The molecule has 2 aromatic heterocycles. The van der Waals surface area contributed by atoms with Gasteiger partial charge in [-0.25, -0.2) is 0 Å². The molecule has 0 aliphatic rings. The molecule has 4 aromatic carbocycles. The van der Waals surface area contributed by atoms with Gasteiger partial charge in [-0.3, -0.25) is 19.6 Å². The van der Waals surface area contributed by atoms with Crippen molar-refractivity contribution in [3.8, 4) is 0 Å². The van der Waals surface area contributed by atoms with Gasteiger partial charge in [0.1, 0.15) is 11.4 Å². The van der Waals surface area contributed by atoms with E-state index in [4.69, 9.17) is 0 Å². The molecule has 0 aliphatic heterocycles. The molecule has 242 valence electrons. The van der Waals surface area contributed by atoms with Crippen molar-refractivity contribution in [2.24, 2.45) is 0 Å². The van der Waals surface area contributed by atoms with Crippen LogP contribution in [-0.4, -0.2) is 21.8 Å². The minimum absolute atomic E-state index is 0.190. The molecule has 48 heavy (non-hydrogen) atoms. The number of aryl methyl sites for hydroxylation is 2. The van der Waals surface area contributed by atoms with Crippen LogP contribution in [0.5, 0.6) is 0 Å². The van der Waals surface area contributed by atoms with E-state index in [0.29, 0.717) is 11.4 Å². The summed E-state index contributed by atoms with van der Waals surface area (Å²) in [5.41, 5.74) is 5.06. The van der Waals surface area contributed by atoms with Crippen molar-refractivity contribution < 1.29 is 9.59 Å². The molecule has 0 aliphatic carbocycles. The monoisotopic (exact) mass is 634 g/mol. The number of nitrogens with zero attached hydrogens (tertiary/aromatic N) is 2. The van der Waals surface area contributed by atoms with Crippen LogP contribution in [0.2, 0.25) is 0 Å². The number of benzene rings is 4. The zero-order valence-electron chi connectivity index (χ0n) is 27.3. The van der Waals surface area contributed by atoms with Crippen LogP contribution >= 0.6 is 0 Å². The third-order valence-corrected chi connectivity index (χ3v) is 8.92. The third-order valence-electron chi connectivity index (χ3n) is 8.92. The molecule has 6 rings (SSSR count). The maximum absolute atomic E-state index is 12.8. The molecule has 6 heteroatoms. The lowest BCUT2D eigenvalue weighted by Gasteiger charge is -2.13. The Balaban J connectivity index is 0.939. The zero-order chi connectivity index (χ0) is 33.0. The van der Waals surface area contributed by atoms with Crippen LogP contribution < -0.4 is 10.6 Å². The predicted molar refractivity (Wildman–Crippen MR) is 197 cm³/mol. The van der Waals surface area contributed by atoms with Gasteiger partial charge < -0.3 is 10.6 Å². The second kappa shape index (κ2) is 16.5. The lowest BCUT2D eigenvalue weighted by molar-refractivity contribution is 0.101. The van der Waals surface area contributed by atoms with E-state index in [1.807, 2.05) is 48.5 Å². The minimum Gasteiger partial charge on any atom is -0.320 e. The summed E-state index contributed by atoms with van der Waals surface area (Å²) >= 11 is 0. The van der Waals surface area contributed by atoms with Crippen molar-refractivity contribution in [3.63, 3.8) is 0 Å². The van der Waals surface area contributed by atoms with E-state index in [9.17, 15) is 9.59 Å². The molecule has 0 spiro atoms. The minimum atomic E-state index is -0.190. The first-order valence-electron chi connectivity index (χ1n) is 17.1. The first kappa shape index (κ1) is 32.6. The highest BCUT2D eigenvalue weighted by molar-refractivity contribution is 6.10. The smallest absolute Gasteiger partial charge is 0.274 e. The number of nitrogens with one attached hydrogen (secondary N) is 2. The fourth-order valence-corrected chi connectivity index (χ4v) is 6.52. The van der Waals surface area contributed by atoms with Gasteiger partial charge in [0.15, 0.2) is 0 Å². The van der Waals surface area contributed by atoms with Crippen LogP contribution in [0.3, 0.4) is 0 Å². The Hall–Kier alpha value is -5.36. The second-order valence-electron chi connectivity index (χ2n) is 12.3. The lowest BCUT2D eigenvalue weighted by Crippen LogP contribution is -2.13. The van der Waals surface area contributed by atoms with Gasteiger partial charge in [-0.2, -0.15) is 0 Å². The van der Waals surface area contributed by atoms with Gasteiger partial charge in [-0.1, -0.05) is 111 Å². The number of aromatic nitrogens is 2. The van der Waals surface area contributed by atoms with Gasteiger partial charge in [0.2, 0.25) is 0 Å². The molecule has 0 saturated carbocycles.